The third kappa shape index (κ3) is 2.87. The van der Waals surface area contributed by atoms with Crippen molar-refractivity contribution in [2.75, 3.05) is 5.32 Å². The summed E-state index contributed by atoms with van der Waals surface area (Å²) in [4.78, 5) is 15.9. The Balaban J connectivity index is 1.72. The Labute approximate surface area is 150 Å². The van der Waals surface area contributed by atoms with Crippen LogP contribution in [0, 0.1) is 0 Å². The summed E-state index contributed by atoms with van der Waals surface area (Å²) in [5.41, 5.74) is 4.76. The van der Waals surface area contributed by atoms with E-state index in [9.17, 15) is 4.79 Å². The largest absolute Gasteiger partial charge is 0.354 e. The Morgan fingerprint density at radius 3 is 2.68 bits per heavy atom. The number of aryl methyl sites for hydroxylation is 1. The van der Waals surface area contributed by atoms with Crippen molar-refractivity contribution >= 4 is 45.0 Å². The average Bonchev–Trinajstić information content (AvgIpc) is 2.99. The molecule has 25 heavy (non-hydrogen) atoms. The zero-order chi connectivity index (χ0) is 17.4. The van der Waals surface area contributed by atoms with Crippen molar-refractivity contribution in [3.8, 4) is 0 Å². The SMILES string of the molecule is CCc1cccc2c1[nH]c1cc(NC(=O)c3cccc(Cl)c3)ccc12. The highest BCUT2D eigenvalue weighted by Crippen LogP contribution is 2.30. The van der Waals surface area contributed by atoms with E-state index in [0.29, 0.717) is 10.6 Å². The molecule has 0 aliphatic heterocycles. The van der Waals surface area contributed by atoms with Crippen molar-refractivity contribution in [3.05, 3.63) is 76.8 Å². The molecule has 0 saturated heterocycles. The van der Waals surface area contributed by atoms with E-state index in [1.165, 1.54) is 16.5 Å². The van der Waals surface area contributed by atoms with Gasteiger partial charge in [0.1, 0.15) is 0 Å². The van der Waals surface area contributed by atoms with Crippen molar-refractivity contribution in [3.63, 3.8) is 0 Å². The van der Waals surface area contributed by atoms with E-state index in [2.05, 4.69) is 35.4 Å². The fraction of sp³-hybridized carbons (Fsp3) is 0.0952. The Morgan fingerprint density at radius 2 is 1.88 bits per heavy atom. The van der Waals surface area contributed by atoms with Crippen LogP contribution in [0.15, 0.2) is 60.7 Å². The molecule has 0 unspecified atom stereocenters. The summed E-state index contributed by atoms with van der Waals surface area (Å²) < 4.78 is 0. The Bertz CT molecular complexity index is 1100. The van der Waals surface area contributed by atoms with Crippen molar-refractivity contribution in [2.24, 2.45) is 0 Å². The number of para-hydroxylation sites is 1. The maximum Gasteiger partial charge on any atom is 0.255 e. The lowest BCUT2D eigenvalue weighted by molar-refractivity contribution is 0.102. The van der Waals surface area contributed by atoms with Crippen LogP contribution in [-0.2, 0) is 6.42 Å². The van der Waals surface area contributed by atoms with Gasteiger partial charge in [0.15, 0.2) is 0 Å². The number of fused-ring (bicyclic) bond motifs is 3. The second kappa shape index (κ2) is 6.26. The molecular formula is C21H17ClN2O. The number of halogens is 1. The normalized spacial score (nSPS) is 11.1. The number of hydrogen-bond donors (Lipinski definition) is 2. The molecule has 0 spiro atoms. The molecule has 124 valence electrons. The van der Waals surface area contributed by atoms with Crippen LogP contribution in [0.3, 0.4) is 0 Å². The van der Waals surface area contributed by atoms with E-state index in [4.69, 9.17) is 11.6 Å². The van der Waals surface area contributed by atoms with E-state index in [1.807, 2.05) is 18.2 Å². The van der Waals surface area contributed by atoms with E-state index in [0.717, 1.165) is 23.0 Å². The van der Waals surface area contributed by atoms with Crippen LogP contribution in [0.2, 0.25) is 5.02 Å². The number of anilines is 1. The summed E-state index contributed by atoms with van der Waals surface area (Å²) in [6.07, 6.45) is 0.975. The number of carbonyl (C=O) groups is 1. The van der Waals surface area contributed by atoms with Gasteiger partial charge in [0.25, 0.3) is 5.91 Å². The number of aromatic amines is 1. The molecule has 0 aliphatic rings. The second-order valence-corrected chi connectivity index (χ2v) is 6.48. The van der Waals surface area contributed by atoms with Gasteiger partial charge in [-0.15, -0.1) is 0 Å². The first-order valence-electron chi connectivity index (χ1n) is 8.26. The van der Waals surface area contributed by atoms with Crippen molar-refractivity contribution in [2.45, 2.75) is 13.3 Å². The summed E-state index contributed by atoms with van der Waals surface area (Å²) >= 11 is 5.96. The molecule has 0 bridgehead atoms. The quantitative estimate of drug-likeness (QED) is 0.483. The highest BCUT2D eigenvalue weighted by atomic mass is 35.5. The molecule has 0 saturated carbocycles. The molecule has 2 N–H and O–H groups in total. The fourth-order valence-electron chi connectivity index (χ4n) is 3.19. The first kappa shape index (κ1) is 15.7. The monoisotopic (exact) mass is 348 g/mol. The van der Waals surface area contributed by atoms with Gasteiger partial charge in [-0.2, -0.15) is 0 Å². The van der Waals surface area contributed by atoms with Crippen LogP contribution < -0.4 is 5.32 Å². The van der Waals surface area contributed by atoms with Gasteiger partial charge in [-0.3, -0.25) is 4.79 Å². The van der Waals surface area contributed by atoms with Gasteiger partial charge in [-0.05, 0) is 42.3 Å². The van der Waals surface area contributed by atoms with Crippen molar-refractivity contribution < 1.29 is 4.79 Å². The molecule has 3 aromatic carbocycles. The van der Waals surface area contributed by atoms with Crippen LogP contribution in [0.5, 0.6) is 0 Å². The zero-order valence-electron chi connectivity index (χ0n) is 13.8. The molecule has 4 aromatic rings. The fourth-order valence-corrected chi connectivity index (χ4v) is 3.39. The van der Waals surface area contributed by atoms with Crippen LogP contribution >= 0.6 is 11.6 Å². The molecule has 0 aliphatic carbocycles. The maximum atomic E-state index is 12.4. The van der Waals surface area contributed by atoms with Gasteiger partial charge in [0, 0.05) is 38.1 Å². The van der Waals surface area contributed by atoms with E-state index in [1.54, 1.807) is 24.3 Å². The second-order valence-electron chi connectivity index (χ2n) is 6.04. The third-order valence-corrected chi connectivity index (χ3v) is 4.68. The van der Waals surface area contributed by atoms with Crippen LogP contribution in [-0.4, -0.2) is 10.9 Å². The molecule has 0 atom stereocenters. The summed E-state index contributed by atoms with van der Waals surface area (Å²) in [6, 6.07) is 19.2. The predicted molar refractivity (Wildman–Crippen MR) is 105 cm³/mol. The van der Waals surface area contributed by atoms with Crippen LogP contribution in [0.25, 0.3) is 21.8 Å². The zero-order valence-corrected chi connectivity index (χ0v) is 14.5. The number of carbonyl (C=O) groups excluding carboxylic acids is 1. The number of rotatable bonds is 3. The number of H-pyrrole nitrogens is 1. The molecule has 1 heterocycles. The standard InChI is InChI=1S/C21H17ClN2O/c1-2-13-5-4-8-18-17-10-9-16(12-19(17)24-20(13)18)23-21(25)14-6-3-7-15(22)11-14/h3-12,24H,2H2,1H3,(H,23,25). The number of nitrogens with one attached hydrogen (secondary N) is 2. The van der Waals surface area contributed by atoms with Gasteiger partial charge in [-0.1, -0.05) is 48.9 Å². The van der Waals surface area contributed by atoms with Gasteiger partial charge in [0.05, 0.1) is 0 Å². The Morgan fingerprint density at radius 1 is 1.04 bits per heavy atom. The van der Waals surface area contributed by atoms with Gasteiger partial charge in [0.2, 0.25) is 0 Å². The minimum Gasteiger partial charge on any atom is -0.354 e. The molecule has 4 heteroatoms. The lowest BCUT2D eigenvalue weighted by Crippen LogP contribution is -2.11. The third-order valence-electron chi connectivity index (χ3n) is 4.45. The lowest BCUT2D eigenvalue weighted by Gasteiger charge is -2.06. The first-order chi connectivity index (χ1) is 12.2. The minimum absolute atomic E-state index is 0.174. The molecule has 3 nitrogen and oxygen atoms in total. The molecular weight excluding hydrogens is 332 g/mol. The number of amides is 1. The van der Waals surface area contributed by atoms with Crippen molar-refractivity contribution in [1.82, 2.24) is 4.98 Å². The average molecular weight is 349 g/mol. The van der Waals surface area contributed by atoms with Crippen LogP contribution in [0.1, 0.15) is 22.8 Å². The van der Waals surface area contributed by atoms with Gasteiger partial charge >= 0.3 is 0 Å². The first-order valence-corrected chi connectivity index (χ1v) is 8.64. The molecule has 0 fully saturated rings. The number of aromatic nitrogens is 1. The van der Waals surface area contributed by atoms with E-state index >= 15 is 0 Å². The van der Waals surface area contributed by atoms with Gasteiger partial charge < -0.3 is 10.3 Å². The highest BCUT2D eigenvalue weighted by molar-refractivity contribution is 6.31. The highest BCUT2D eigenvalue weighted by Gasteiger charge is 2.10. The maximum absolute atomic E-state index is 12.4. The van der Waals surface area contributed by atoms with Crippen molar-refractivity contribution in [1.29, 1.82) is 0 Å². The summed E-state index contributed by atoms with van der Waals surface area (Å²) in [5.74, 6) is -0.174. The predicted octanol–water partition coefficient (Wildman–Crippen LogP) is 5.79. The lowest BCUT2D eigenvalue weighted by atomic mass is 10.1. The topological polar surface area (TPSA) is 44.9 Å². The van der Waals surface area contributed by atoms with E-state index < -0.39 is 0 Å². The summed E-state index contributed by atoms with van der Waals surface area (Å²) in [6.45, 7) is 2.15. The molecule has 0 radical (unpaired) electrons. The Kier molecular flexibility index (Phi) is 3.94. The Hall–Kier alpha value is -2.78. The van der Waals surface area contributed by atoms with E-state index in [-0.39, 0.29) is 5.91 Å². The minimum atomic E-state index is -0.174. The van der Waals surface area contributed by atoms with Gasteiger partial charge in [-0.25, -0.2) is 0 Å². The summed E-state index contributed by atoms with van der Waals surface area (Å²) in [5, 5.41) is 5.85. The summed E-state index contributed by atoms with van der Waals surface area (Å²) in [7, 11) is 0. The molecule has 1 aromatic heterocycles. The van der Waals surface area contributed by atoms with Crippen LogP contribution in [0.4, 0.5) is 5.69 Å². The molecule has 1 amide bonds. The smallest absolute Gasteiger partial charge is 0.255 e. The molecule has 4 rings (SSSR count). The number of benzene rings is 3. The number of hydrogen-bond acceptors (Lipinski definition) is 1.